The van der Waals surface area contributed by atoms with Crippen LogP contribution in [0.5, 0.6) is 0 Å². The Morgan fingerprint density at radius 2 is 1.28 bits per heavy atom. The number of rotatable bonds is 13. The van der Waals surface area contributed by atoms with E-state index in [1.165, 1.54) is 10.5 Å². The third-order valence-corrected chi connectivity index (χ3v) is 6.02. The molecule has 1 heterocycles. The second-order valence-electron chi connectivity index (χ2n) is 8.65. The topological polar surface area (TPSA) is 66.5 Å². The molecule has 2 aromatic rings. The van der Waals surface area contributed by atoms with Gasteiger partial charge in [-0.15, -0.1) is 0 Å². The number of nitrogens with one attached hydrogen (secondary N) is 1. The lowest BCUT2D eigenvalue weighted by molar-refractivity contribution is -0.121. The van der Waals surface area contributed by atoms with Gasteiger partial charge < -0.3 is 5.32 Å². The Kier molecular flexibility index (Phi) is 9.02. The molecular weight excluding hydrogens is 400 g/mol. The molecule has 0 saturated carbocycles. The smallest absolute Gasteiger partial charge is 0.261 e. The van der Waals surface area contributed by atoms with E-state index in [9.17, 15) is 14.4 Å². The summed E-state index contributed by atoms with van der Waals surface area (Å²) >= 11 is 0. The summed E-state index contributed by atoms with van der Waals surface area (Å²) in [7, 11) is 0. The molecule has 3 amide bonds. The predicted molar refractivity (Wildman–Crippen MR) is 126 cm³/mol. The number of carbonyl (C=O) groups is 3. The number of aryl methyl sites for hydroxylation is 1. The first kappa shape index (κ1) is 23.7. The van der Waals surface area contributed by atoms with Gasteiger partial charge in [0, 0.05) is 19.5 Å². The van der Waals surface area contributed by atoms with Crippen LogP contribution >= 0.6 is 0 Å². The summed E-state index contributed by atoms with van der Waals surface area (Å²) in [5.74, 6) is -0.194. The first-order valence-corrected chi connectivity index (χ1v) is 11.8. The number of unbranched alkanes of at least 4 members (excludes halogenated alkanes) is 7. The third kappa shape index (κ3) is 6.78. The van der Waals surface area contributed by atoms with Crippen molar-refractivity contribution in [3.63, 3.8) is 0 Å². The molecule has 3 rings (SSSR count). The van der Waals surface area contributed by atoms with E-state index in [0.29, 0.717) is 30.6 Å². The van der Waals surface area contributed by atoms with E-state index in [0.717, 1.165) is 56.9 Å². The van der Waals surface area contributed by atoms with Gasteiger partial charge >= 0.3 is 0 Å². The monoisotopic (exact) mass is 434 g/mol. The molecule has 5 nitrogen and oxygen atoms in total. The zero-order chi connectivity index (χ0) is 22.8. The van der Waals surface area contributed by atoms with Crippen LogP contribution in [-0.2, 0) is 11.3 Å². The lowest BCUT2D eigenvalue weighted by Crippen LogP contribution is -2.30. The van der Waals surface area contributed by atoms with Crippen molar-refractivity contribution in [1.29, 1.82) is 0 Å². The first-order chi connectivity index (χ1) is 15.6. The standard InChI is InChI=1S/C27H34N2O3/c1-21-15-17-22(18-16-21)20-28-25(30)14-8-6-4-2-3-5-7-11-19-29-26(31)23-12-9-10-13-24(23)27(29)32/h9-10,12-13,15-18H,2-8,11,14,19-20H2,1H3,(H,28,30). The minimum absolute atomic E-state index is 0.124. The van der Waals surface area contributed by atoms with Gasteiger partial charge in [-0.2, -0.15) is 0 Å². The highest BCUT2D eigenvalue weighted by atomic mass is 16.2. The Balaban J connectivity index is 1.16. The third-order valence-electron chi connectivity index (χ3n) is 6.02. The maximum atomic E-state index is 12.3. The van der Waals surface area contributed by atoms with E-state index in [1.807, 2.05) is 0 Å². The predicted octanol–water partition coefficient (Wildman–Crippen LogP) is 5.42. The molecule has 5 heteroatoms. The molecule has 0 fully saturated rings. The zero-order valence-corrected chi connectivity index (χ0v) is 19.1. The Bertz CT molecular complexity index is 886. The van der Waals surface area contributed by atoms with E-state index in [4.69, 9.17) is 0 Å². The van der Waals surface area contributed by atoms with Crippen LogP contribution in [0.25, 0.3) is 0 Å². The van der Waals surface area contributed by atoms with E-state index < -0.39 is 0 Å². The van der Waals surface area contributed by atoms with E-state index in [-0.39, 0.29) is 17.7 Å². The normalized spacial score (nSPS) is 12.8. The lowest BCUT2D eigenvalue weighted by atomic mass is 10.1. The number of nitrogens with zero attached hydrogens (tertiary/aromatic N) is 1. The molecule has 0 unspecified atom stereocenters. The summed E-state index contributed by atoms with van der Waals surface area (Å²) in [6, 6.07) is 15.3. The lowest BCUT2D eigenvalue weighted by Gasteiger charge is -2.13. The van der Waals surface area contributed by atoms with Crippen molar-refractivity contribution in [1.82, 2.24) is 10.2 Å². The highest BCUT2D eigenvalue weighted by Crippen LogP contribution is 2.23. The molecule has 32 heavy (non-hydrogen) atoms. The molecule has 0 aromatic heterocycles. The van der Waals surface area contributed by atoms with Crippen molar-refractivity contribution in [2.45, 2.75) is 71.3 Å². The van der Waals surface area contributed by atoms with Gasteiger partial charge in [-0.3, -0.25) is 19.3 Å². The van der Waals surface area contributed by atoms with Gasteiger partial charge in [0.1, 0.15) is 0 Å². The maximum absolute atomic E-state index is 12.3. The summed E-state index contributed by atoms with van der Waals surface area (Å²) < 4.78 is 0. The fraction of sp³-hybridized carbons (Fsp3) is 0.444. The number of hydrogen-bond acceptors (Lipinski definition) is 3. The Morgan fingerprint density at radius 3 is 1.88 bits per heavy atom. The molecule has 0 bridgehead atoms. The van der Waals surface area contributed by atoms with Crippen molar-refractivity contribution in [3.05, 3.63) is 70.8 Å². The van der Waals surface area contributed by atoms with Crippen molar-refractivity contribution >= 4 is 17.7 Å². The molecule has 1 N–H and O–H groups in total. The first-order valence-electron chi connectivity index (χ1n) is 11.8. The summed E-state index contributed by atoms with van der Waals surface area (Å²) in [6.07, 6.45) is 9.05. The quantitative estimate of drug-likeness (QED) is 0.338. The molecule has 170 valence electrons. The van der Waals surface area contributed by atoms with Gasteiger partial charge in [0.2, 0.25) is 5.91 Å². The fourth-order valence-electron chi connectivity index (χ4n) is 4.05. The van der Waals surface area contributed by atoms with E-state index in [2.05, 4.69) is 36.5 Å². The number of carbonyl (C=O) groups excluding carboxylic acids is 3. The highest BCUT2D eigenvalue weighted by Gasteiger charge is 2.34. The van der Waals surface area contributed by atoms with Crippen molar-refractivity contribution in [2.24, 2.45) is 0 Å². The Morgan fingerprint density at radius 1 is 0.750 bits per heavy atom. The molecule has 1 aliphatic heterocycles. The highest BCUT2D eigenvalue weighted by molar-refractivity contribution is 6.21. The van der Waals surface area contributed by atoms with Crippen LogP contribution in [0.4, 0.5) is 0 Å². The minimum Gasteiger partial charge on any atom is -0.352 e. The van der Waals surface area contributed by atoms with Crippen LogP contribution in [0.2, 0.25) is 0 Å². The minimum atomic E-state index is -0.159. The summed E-state index contributed by atoms with van der Waals surface area (Å²) in [5, 5.41) is 2.99. The van der Waals surface area contributed by atoms with E-state index >= 15 is 0 Å². The molecule has 0 radical (unpaired) electrons. The maximum Gasteiger partial charge on any atom is 0.261 e. The van der Waals surface area contributed by atoms with Gasteiger partial charge in [-0.1, -0.05) is 80.5 Å². The van der Waals surface area contributed by atoms with Gasteiger partial charge in [0.15, 0.2) is 0 Å². The molecule has 0 spiro atoms. The molecule has 1 aliphatic rings. The fourth-order valence-corrected chi connectivity index (χ4v) is 4.05. The van der Waals surface area contributed by atoms with Crippen LogP contribution < -0.4 is 5.32 Å². The average Bonchev–Trinajstić information content (AvgIpc) is 3.04. The van der Waals surface area contributed by atoms with Crippen LogP contribution in [0.15, 0.2) is 48.5 Å². The molecule has 0 aliphatic carbocycles. The van der Waals surface area contributed by atoms with Crippen molar-refractivity contribution in [3.8, 4) is 0 Å². The van der Waals surface area contributed by atoms with Crippen LogP contribution in [0.3, 0.4) is 0 Å². The van der Waals surface area contributed by atoms with Crippen LogP contribution in [-0.4, -0.2) is 29.2 Å². The van der Waals surface area contributed by atoms with Gasteiger partial charge in [0.05, 0.1) is 11.1 Å². The second kappa shape index (κ2) is 12.2. The van der Waals surface area contributed by atoms with Gasteiger partial charge in [-0.05, 0) is 37.5 Å². The summed E-state index contributed by atoms with van der Waals surface area (Å²) in [6.45, 7) is 3.16. The molecule has 0 atom stereocenters. The molecule has 0 saturated heterocycles. The number of hydrogen-bond donors (Lipinski definition) is 1. The Labute approximate surface area is 191 Å². The Hall–Kier alpha value is -2.95. The van der Waals surface area contributed by atoms with Gasteiger partial charge in [0.25, 0.3) is 11.8 Å². The molecular formula is C27H34N2O3. The second-order valence-corrected chi connectivity index (χ2v) is 8.65. The van der Waals surface area contributed by atoms with Crippen molar-refractivity contribution in [2.75, 3.05) is 6.54 Å². The number of benzene rings is 2. The van der Waals surface area contributed by atoms with Crippen molar-refractivity contribution < 1.29 is 14.4 Å². The summed E-state index contributed by atoms with van der Waals surface area (Å²) in [5.41, 5.74) is 3.41. The summed E-state index contributed by atoms with van der Waals surface area (Å²) in [4.78, 5) is 38.0. The number of imide groups is 1. The average molecular weight is 435 g/mol. The van der Waals surface area contributed by atoms with Gasteiger partial charge in [-0.25, -0.2) is 0 Å². The van der Waals surface area contributed by atoms with Crippen LogP contribution in [0, 0.1) is 6.92 Å². The number of fused-ring (bicyclic) bond motifs is 1. The van der Waals surface area contributed by atoms with E-state index in [1.54, 1.807) is 24.3 Å². The SMILES string of the molecule is Cc1ccc(CNC(=O)CCCCCCCCCCN2C(=O)c3ccccc3C2=O)cc1. The zero-order valence-electron chi connectivity index (χ0n) is 19.1. The molecule has 2 aromatic carbocycles. The number of amides is 3. The van der Waals surface area contributed by atoms with Crippen LogP contribution in [0.1, 0.15) is 89.6 Å². The largest absolute Gasteiger partial charge is 0.352 e.